The molecule has 0 aromatic heterocycles. The number of urea groups is 1. The van der Waals surface area contributed by atoms with Crippen molar-refractivity contribution in [3.05, 3.63) is 0 Å². The Morgan fingerprint density at radius 1 is 1.32 bits per heavy atom. The van der Waals surface area contributed by atoms with Crippen LogP contribution in [0.3, 0.4) is 0 Å². The van der Waals surface area contributed by atoms with Gasteiger partial charge in [0.1, 0.15) is 6.04 Å². The molecule has 5 heteroatoms. The van der Waals surface area contributed by atoms with Crippen molar-refractivity contribution in [3.8, 4) is 0 Å². The Balaban J connectivity index is 2.40. The Morgan fingerprint density at radius 2 is 1.95 bits per heavy atom. The van der Waals surface area contributed by atoms with E-state index in [9.17, 15) is 9.59 Å². The second kappa shape index (κ2) is 7.36. The molecule has 110 valence electrons. The van der Waals surface area contributed by atoms with Crippen molar-refractivity contribution in [2.24, 2.45) is 5.41 Å². The van der Waals surface area contributed by atoms with Crippen LogP contribution in [0.25, 0.3) is 0 Å². The van der Waals surface area contributed by atoms with Crippen LogP contribution >= 0.6 is 0 Å². The van der Waals surface area contributed by atoms with Gasteiger partial charge in [-0.1, -0.05) is 20.8 Å². The van der Waals surface area contributed by atoms with Gasteiger partial charge in [0.15, 0.2) is 0 Å². The Labute approximate surface area is 115 Å². The highest BCUT2D eigenvalue weighted by Crippen LogP contribution is 2.29. The van der Waals surface area contributed by atoms with Crippen LogP contribution in [0.1, 0.15) is 52.9 Å². The fourth-order valence-electron chi connectivity index (χ4n) is 2.51. The third kappa shape index (κ3) is 4.40. The number of piperidine rings is 1. The maximum Gasteiger partial charge on any atom is 0.315 e. The van der Waals surface area contributed by atoms with Gasteiger partial charge in [-0.05, 0) is 37.5 Å². The van der Waals surface area contributed by atoms with Crippen LogP contribution in [0.15, 0.2) is 0 Å². The molecule has 1 heterocycles. The van der Waals surface area contributed by atoms with Gasteiger partial charge >= 0.3 is 6.03 Å². The predicted molar refractivity (Wildman–Crippen MR) is 75.9 cm³/mol. The Morgan fingerprint density at radius 3 is 2.47 bits per heavy atom. The minimum Gasteiger partial charge on any atom is -0.354 e. The molecule has 5 nitrogen and oxygen atoms in total. The lowest BCUT2D eigenvalue weighted by Gasteiger charge is -2.31. The lowest BCUT2D eigenvalue weighted by atomic mass is 9.80. The maximum absolute atomic E-state index is 11.8. The lowest BCUT2D eigenvalue weighted by molar-refractivity contribution is -0.124. The number of carbonyl (C=O) groups is 2. The molecule has 0 unspecified atom stereocenters. The molecule has 0 spiro atoms. The lowest BCUT2D eigenvalue weighted by Crippen LogP contribution is -2.53. The molecule has 0 aliphatic carbocycles. The van der Waals surface area contributed by atoms with Gasteiger partial charge in [0.25, 0.3) is 0 Å². The topological polar surface area (TPSA) is 70.2 Å². The fraction of sp³-hybridized carbons (Fsp3) is 0.857. The summed E-state index contributed by atoms with van der Waals surface area (Å²) >= 11 is 0. The van der Waals surface area contributed by atoms with Crippen LogP contribution in [0.2, 0.25) is 0 Å². The molecular formula is C14H27N3O2. The number of amides is 3. The zero-order chi connectivity index (χ0) is 14.3. The Bertz CT molecular complexity index is 306. The number of hydrogen-bond acceptors (Lipinski definition) is 2. The Hall–Kier alpha value is -1.26. The third-order valence-electron chi connectivity index (χ3n) is 4.46. The van der Waals surface area contributed by atoms with Crippen LogP contribution in [-0.2, 0) is 4.79 Å². The quantitative estimate of drug-likeness (QED) is 0.688. The first-order chi connectivity index (χ1) is 9.06. The van der Waals surface area contributed by atoms with Crippen molar-refractivity contribution in [2.45, 2.75) is 58.9 Å². The van der Waals surface area contributed by atoms with Gasteiger partial charge in [0, 0.05) is 13.1 Å². The van der Waals surface area contributed by atoms with Crippen molar-refractivity contribution < 1.29 is 9.59 Å². The van der Waals surface area contributed by atoms with Crippen molar-refractivity contribution in [2.75, 3.05) is 13.1 Å². The van der Waals surface area contributed by atoms with Gasteiger partial charge in [-0.3, -0.25) is 4.79 Å². The van der Waals surface area contributed by atoms with E-state index in [1.807, 2.05) is 0 Å². The van der Waals surface area contributed by atoms with Gasteiger partial charge in [-0.2, -0.15) is 0 Å². The van der Waals surface area contributed by atoms with Gasteiger partial charge in [0.05, 0.1) is 0 Å². The average molecular weight is 269 g/mol. The van der Waals surface area contributed by atoms with Crippen LogP contribution in [-0.4, -0.2) is 31.1 Å². The van der Waals surface area contributed by atoms with E-state index in [1.54, 1.807) is 0 Å². The van der Waals surface area contributed by atoms with Crippen molar-refractivity contribution in [3.63, 3.8) is 0 Å². The van der Waals surface area contributed by atoms with Crippen LogP contribution < -0.4 is 16.0 Å². The fourth-order valence-corrected chi connectivity index (χ4v) is 2.51. The van der Waals surface area contributed by atoms with Crippen molar-refractivity contribution >= 4 is 11.9 Å². The Kier molecular flexibility index (Phi) is 6.12. The highest BCUT2D eigenvalue weighted by molar-refractivity contribution is 5.87. The first-order valence-electron chi connectivity index (χ1n) is 7.39. The van der Waals surface area contributed by atoms with Gasteiger partial charge < -0.3 is 16.0 Å². The summed E-state index contributed by atoms with van der Waals surface area (Å²) in [5, 5.41) is 8.43. The normalized spacial score (nSPS) is 19.7. The molecule has 1 aliphatic heterocycles. The largest absolute Gasteiger partial charge is 0.354 e. The molecule has 0 radical (unpaired) electrons. The van der Waals surface area contributed by atoms with E-state index < -0.39 is 0 Å². The molecule has 3 N–H and O–H groups in total. The first-order valence-corrected chi connectivity index (χ1v) is 7.39. The molecular weight excluding hydrogens is 242 g/mol. The van der Waals surface area contributed by atoms with E-state index in [1.165, 1.54) is 0 Å². The van der Waals surface area contributed by atoms with E-state index in [0.717, 1.165) is 32.1 Å². The van der Waals surface area contributed by atoms with E-state index in [0.29, 0.717) is 13.1 Å². The summed E-state index contributed by atoms with van der Waals surface area (Å²) in [6, 6.07) is -0.616. The summed E-state index contributed by atoms with van der Waals surface area (Å²) < 4.78 is 0. The molecule has 0 bridgehead atoms. The molecule has 0 saturated carbocycles. The van der Waals surface area contributed by atoms with Crippen molar-refractivity contribution in [1.29, 1.82) is 0 Å². The van der Waals surface area contributed by atoms with Gasteiger partial charge in [-0.15, -0.1) is 0 Å². The molecule has 1 saturated heterocycles. The number of rotatable bonds is 6. The highest BCUT2D eigenvalue weighted by Gasteiger charge is 2.26. The smallest absolute Gasteiger partial charge is 0.315 e. The monoisotopic (exact) mass is 269 g/mol. The second-order valence-corrected chi connectivity index (χ2v) is 5.37. The molecule has 19 heavy (non-hydrogen) atoms. The molecule has 0 aromatic carbocycles. The second-order valence-electron chi connectivity index (χ2n) is 5.37. The van der Waals surface area contributed by atoms with Crippen LogP contribution in [0, 0.1) is 5.41 Å². The summed E-state index contributed by atoms with van der Waals surface area (Å²) in [7, 11) is 0. The third-order valence-corrected chi connectivity index (χ3v) is 4.46. The van der Waals surface area contributed by atoms with E-state index >= 15 is 0 Å². The summed E-state index contributed by atoms with van der Waals surface area (Å²) in [5.41, 5.74) is 0.173. The standard InChI is InChI=1S/C14H27N3O2/c1-4-14(5-2,6-3)10-16-13(19)17-11-8-7-9-15-12(11)18/h11H,4-10H2,1-3H3,(H,15,18)(H2,16,17,19)/t11-/m1/s1. The number of nitrogens with one attached hydrogen (secondary N) is 3. The average Bonchev–Trinajstić information content (AvgIpc) is 2.44. The van der Waals surface area contributed by atoms with Gasteiger partial charge in [-0.25, -0.2) is 4.79 Å². The minimum atomic E-state index is -0.381. The molecule has 1 aliphatic rings. The molecule has 3 amide bonds. The highest BCUT2D eigenvalue weighted by atomic mass is 16.2. The summed E-state index contributed by atoms with van der Waals surface area (Å²) in [4.78, 5) is 23.4. The summed E-state index contributed by atoms with van der Waals surface area (Å²) in [6.07, 6.45) is 4.78. The van der Waals surface area contributed by atoms with E-state index in [2.05, 4.69) is 36.7 Å². The first kappa shape index (κ1) is 15.8. The number of carbonyl (C=O) groups excluding carboxylic acids is 2. The number of hydrogen-bond donors (Lipinski definition) is 3. The molecule has 1 fully saturated rings. The summed E-state index contributed by atoms with van der Waals surface area (Å²) in [5.74, 6) is -0.0749. The zero-order valence-corrected chi connectivity index (χ0v) is 12.3. The van der Waals surface area contributed by atoms with E-state index in [4.69, 9.17) is 0 Å². The molecule has 1 rings (SSSR count). The maximum atomic E-state index is 11.8. The SMILES string of the molecule is CCC(CC)(CC)CNC(=O)N[C@@H]1CCCNC1=O. The van der Waals surface area contributed by atoms with Gasteiger partial charge in [0.2, 0.25) is 5.91 Å². The van der Waals surface area contributed by atoms with E-state index in [-0.39, 0.29) is 23.4 Å². The summed E-state index contributed by atoms with van der Waals surface area (Å²) in [6.45, 7) is 7.84. The predicted octanol–water partition coefficient (Wildman–Crippen LogP) is 1.78. The van der Waals surface area contributed by atoms with Crippen molar-refractivity contribution in [1.82, 2.24) is 16.0 Å². The molecule has 0 aromatic rings. The van der Waals surface area contributed by atoms with Crippen LogP contribution in [0.5, 0.6) is 0 Å². The zero-order valence-electron chi connectivity index (χ0n) is 12.3. The van der Waals surface area contributed by atoms with Crippen LogP contribution in [0.4, 0.5) is 4.79 Å². The minimum absolute atomic E-state index is 0.0749. The molecule has 1 atom stereocenters.